The second-order valence-corrected chi connectivity index (χ2v) is 11.2. The molecule has 4 aliphatic rings. The van der Waals surface area contributed by atoms with Gasteiger partial charge in [-0.2, -0.15) is 0 Å². The van der Waals surface area contributed by atoms with Gasteiger partial charge >= 0.3 is 0 Å². The minimum absolute atomic E-state index is 0.129. The summed E-state index contributed by atoms with van der Waals surface area (Å²) >= 11 is 0. The third-order valence-electron chi connectivity index (χ3n) is 7.23. The van der Waals surface area contributed by atoms with Crippen LogP contribution in [0.3, 0.4) is 0 Å². The molecule has 4 nitrogen and oxygen atoms in total. The van der Waals surface area contributed by atoms with Crippen molar-refractivity contribution >= 4 is 15.7 Å². The van der Waals surface area contributed by atoms with Crippen molar-refractivity contribution in [1.82, 2.24) is 5.32 Å². The Balaban J connectivity index is 1.55. The molecule has 4 bridgehead atoms. The Labute approximate surface area is 156 Å². The van der Waals surface area contributed by atoms with Gasteiger partial charge in [-0.1, -0.05) is 6.07 Å². The van der Waals surface area contributed by atoms with Crippen molar-refractivity contribution < 1.29 is 13.2 Å². The summed E-state index contributed by atoms with van der Waals surface area (Å²) in [5.41, 5.74) is 1.53. The number of carbonyl (C=O) groups excluding carboxylic acids is 1. The molecule has 0 aromatic heterocycles. The quantitative estimate of drug-likeness (QED) is 0.872. The van der Waals surface area contributed by atoms with E-state index in [9.17, 15) is 13.2 Å². The van der Waals surface area contributed by atoms with E-state index in [0.717, 1.165) is 23.3 Å². The molecule has 1 atom stereocenters. The van der Waals surface area contributed by atoms with Gasteiger partial charge in [0, 0.05) is 17.9 Å². The highest BCUT2D eigenvalue weighted by Crippen LogP contribution is 2.61. The summed E-state index contributed by atoms with van der Waals surface area (Å²) in [6.45, 7) is 4.01. The lowest BCUT2D eigenvalue weighted by atomic mass is 9.48. The number of rotatable bonds is 4. The maximum atomic E-state index is 12.9. The van der Waals surface area contributed by atoms with Crippen LogP contribution in [0.5, 0.6) is 0 Å². The van der Waals surface area contributed by atoms with Crippen LogP contribution in [0.1, 0.15) is 61.4 Å². The Morgan fingerprint density at radius 1 is 1.12 bits per heavy atom. The summed E-state index contributed by atoms with van der Waals surface area (Å²) in [5, 5.41) is 3.24. The molecule has 1 N–H and O–H groups in total. The highest BCUT2D eigenvalue weighted by Gasteiger charge is 2.53. The van der Waals surface area contributed by atoms with Crippen molar-refractivity contribution in [3.8, 4) is 0 Å². The number of amides is 1. The van der Waals surface area contributed by atoms with Crippen LogP contribution in [0.4, 0.5) is 0 Å². The van der Waals surface area contributed by atoms with Crippen molar-refractivity contribution in [3.63, 3.8) is 0 Å². The Morgan fingerprint density at radius 3 is 2.15 bits per heavy atom. The number of aryl methyl sites for hydroxylation is 1. The minimum Gasteiger partial charge on any atom is -0.349 e. The first-order valence-corrected chi connectivity index (χ1v) is 11.7. The topological polar surface area (TPSA) is 63.2 Å². The predicted octanol–water partition coefficient (Wildman–Crippen LogP) is 3.73. The van der Waals surface area contributed by atoms with Crippen molar-refractivity contribution in [2.75, 3.05) is 6.26 Å². The van der Waals surface area contributed by atoms with Crippen LogP contribution in [-0.4, -0.2) is 26.6 Å². The molecule has 4 saturated carbocycles. The molecule has 4 fully saturated rings. The number of nitrogens with one attached hydrogen (secondary N) is 1. The number of hydrogen-bond donors (Lipinski definition) is 1. The molecule has 1 aromatic rings. The van der Waals surface area contributed by atoms with E-state index in [1.54, 1.807) is 12.1 Å². The molecule has 5 heteroatoms. The van der Waals surface area contributed by atoms with Gasteiger partial charge in [0.15, 0.2) is 9.84 Å². The van der Waals surface area contributed by atoms with Gasteiger partial charge in [-0.25, -0.2) is 8.42 Å². The van der Waals surface area contributed by atoms with E-state index < -0.39 is 9.84 Å². The van der Waals surface area contributed by atoms with E-state index >= 15 is 0 Å². The highest BCUT2D eigenvalue weighted by atomic mass is 32.2. The zero-order chi connectivity index (χ0) is 18.7. The first kappa shape index (κ1) is 18.0. The molecule has 0 heterocycles. The van der Waals surface area contributed by atoms with Crippen LogP contribution in [0.15, 0.2) is 23.1 Å². The Hall–Kier alpha value is -1.36. The maximum absolute atomic E-state index is 12.9. The fraction of sp³-hybridized carbons (Fsp3) is 0.667. The average molecular weight is 376 g/mol. The molecule has 0 radical (unpaired) electrons. The summed E-state index contributed by atoms with van der Waals surface area (Å²) in [6, 6.07) is 4.95. The molecule has 0 aliphatic heterocycles. The average Bonchev–Trinajstić information content (AvgIpc) is 2.52. The van der Waals surface area contributed by atoms with Crippen molar-refractivity contribution in [1.29, 1.82) is 0 Å². The predicted molar refractivity (Wildman–Crippen MR) is 102 cm³/mol. The van der Waals surface area contributed by atoms with Crippen LogP contribution < -0.4 is 5.32 Å². The van der Waals surface area contributed by atoms with E-state index in [1.807, 2.05) is 6.92 Å². The van der Waals surface area contributed by atoms with E-state index in [4.69, 9.17) is 0 Å². The van der Waals surface area contributed by atoms with Crippen molar-refractivity contribution in [3.05, 3.63) is 29.3 Å². The number of benzene rings is 1. The molecule has 1 aromatic carbocycles. The molecule has 0 spiro atoms. The van der Waals surface area contributed by atoms with Crippen molar-refractivity contribution in [2.45, 2.75) is 63.3 Å². The molecule has 5 rings (SSSR count). The van der Waals surface area contributed by atoms with Crippen LogP contribution in [0.25, 0.3) is 0 Å². The van der Waals surface area contributed by atoms with Crippen LogP contribution in [-0.2, 0) is 9.84 Å². The van der Waals surface area contributed by atoms with E-state index in [0.29, 0.717) is 5.56 Å². The molecular formula is C21H29NO3S. The zero-order valence-electron chi connectivity index (χ0n) is 15.9. The largest absolute Gasteiger partial charge is 0.349 e. The van der Waals surface area contributed by atoms with Gasteiger partial charge < -0.3 is 5.32 Å². The molecule has 0 unspecified atom stereocenters. The SMILES string of the molecule is Cc1ccc(S(C)(=O)=O)cc1C(=O)N[C@@H](C)C12CC3CC(CC(C3)C1)C2. The van der Waals surface area contributed by atoms with Gasteiger partial charge in [-0.3, -0.25) is 4.79 Å². The summed E-state index contributed by atoms with van der Waals surface area (Å²) in [5.74, 6) is 2.39. The van der Waals surface area contributed by atoms with Gasteiger partial charge in [0.1, 0.15) is 0 Å². The molecule has 4 aliphatic carbocycles. The third-order valence-corrected chi connectivity index (χ3v) is 8.34. The highest BCUT2D eigenvalue weighted by molar-refractivity contribution is 7.90. The molecule has 0 saturated heterocycles. The van der Waals surface area contributed by atoms with E-state index in [1.165, 1.54) is 50.8 Å². The number of carbonyl (C=O) groups is 1. The first-order valence-electron chi connectivity index (χ1n) is 9.78. The first-order chi connectivity index (χ1) is 12.2. The lowest BCUT2D eigenvalue weighted by Crippen LogP contribution is -2.55. The van der Waals surface area contributed by atoms with Crippen molar-refractivity contribution in [2.24, 2.45) is 23.2 Å². The Bertz CT molecular complexity index is 808. The fourth-order valence-electron chi connectivity index (χ4n) is 6.21. The summed E-state index contributed by atoms with van der Waals surface area (Å²) in [4.78, 5) is 13.1. The number of hydrogen-bond acceptors (Lipinski definition) is 3. The Kier molecular flexibility index (Phi) is 4.22. The summed E-state index contributed by atoms with van der Waals surface area (Å²) in [6.07, 6.45) is 9.05. The second kappa shape index (κ2) is 6.08. The van der Waals surface area contributed by atoms with Crippen LogP contribution >= 0.6 is 0 Å². The summed E-state index contributed by atoms with van der Waals surface area (Å²) < 4.78 is 23.7. The second-order valence-electron chi connectivity index (χ2n) is 9.22. The van der Waals surface area contributed by atoms with Gasteiger partial charge in [0.2, 0.25) is 0 Å². The maximum Gasteiger partial charge on any atom is 0.251 e. The third kappa shape index (κ3) is 3.08. The molecule has 26 heavy (non-hydrogen) atoms. The fourth-order valence-corrected chi connectivity index (χ4v) is 6.86. The lowest BCUT2D eigenvalue weighted by Gasteiger charge is -2.59. The van der Waals surface area contributed by atoms with Gasteiger partial charge in [0.05, 0.1) is 4.90 Å². The lowest BCUT2D eigenvalue weighted by molar-refractivity contribution is -0.0688. The number of sulfone groups is 1. The smallest absolute Gasteiger partial charge is 0.251 e. The van der Waals surface area contributed by atoms with Gasteiger partial charge in [0.25, 0.3) is 5.91 Å². The van der Waals surface area contributed by atoms with Gasteiger partial charge in [-0.15, -0.1) is 0 Å². The minimum atomic E-state index is -3.32. The zero-order valence-corrected chi connectivity index (χ0v) is 16.7. The molecule has 1 amide bonds. The molecular weight excluding hydrogens is 346 g/mol. The van der Waals surface area contributed by atoms with Gasteiger partial charge in [-0.05, 0) is 93.2 Å². The standard InChI is InChI=1S/C21H29NO3S/c1-13-4-5-18(26(3,24)25)9-19(13)20(23)22-14(2)21-10-15-6-16(11-21)8-17(7-15)12-21/h4-5,9,14-17H,6-8,10-12H2,1-3H3,(H,22,23)/t14-,15?,16?,17?,21?/m0/s1. The Morgan fingerprint density at radius 2 is 1.65 bits per heavy atom. The van der Waals surface area contributed by atoms with E-state index in [2.05, 4.69) is 12.2 Å². The van der Waals surface area contributed by atoms with E-state index in [-0.39, 0.29) is 22.3 Å². The van der Waals surface area contributed by atoms with Crippen LogP contribution in [0.2, 0.25) is 0 Å². The monoisotopic (exact) mass is 375 g/mol. The van der Waals surface area contributed by atoms with Crippen LogP contribution in [0, 0.1) is 30.1 Å². The normalized spacial score (nSPS) is 33.9. The molecule has 142 valence electrons. The summed E-state index contributed by atoms with van der Waals surface area (Å²) in [7, 11) is -3.32.